The maximum Gasteiger partial charge on any atom is 0.267 e. The van der Waals surface area contributed by atoms with Crippen LogP contribution in [-0.2, 0) is 23.4 Å². The molecule has 1 N–H and O–H groups in total. The number of hydrogen-bond donors (Lipinski definition) is 1. The van der Waals surface area contributed by atoms with E-state index in [0.717, 1.165) is 46.5 Å². The molecule has 0 saturated heterocycles. The molecule has 0 aliphatic carbocycles. The van der Waals surface area contributed by atoms with Crippen molar-refractivity contribution in [3.05, 3.63) is 87.0 Å². The Bertz CT molecular complexity index is 1460. The molecule has 2 aromatic carbocycles. The number of aromatic nitrogens is 2. The zero-order chi connectivity index (χ0) is 26.0. The van der Waals surface area contributed by atoms with Crippen LogP contribution < -0.4 is 10.9 Å². The van der Waals surface area contributed by atoms with Crippen LogP contribution in [0.15, 0.2) is 70.6 Å². The van der Waals surface area contributed by atoms with Crippen molar-refractivity contribution >= 4 is 51.0 Å². The van der Waals surface area contributed by atoms with Gasteiger partial charge in [0.25, 0.3) is 5.56 Å². The third kappa shape index (κ3) is 5.97. The summed E-state index contributed by atoms with van der Waals surface area (Å²) in [7, 11) is 0. The lowest BCUT2D eigenvalue weighted by Gasteiger charge is -2.28. The van der Waals surface area contributed by atoms with Gasteiger partial charge in [-0.2, -0.15) is 0 Å². The highest BCUT2D eigenvalue weighted by molar-refractivity contribution is 8.00. The quantitative estimate of drug-likeness (QED) is 0.208. The molecule has 0 bridgehead atoms. The molecule has 8 heteroatoms. The summed E-state index contributed by atoms with van der Waals surface area (Å²) >= 11 is 4.87. The van der Waals surface area contributed by atoms with Gasteiger partial charge < -0.3 is 5.32 Å². The Labute approximate surface area is 230 Å². The summed E-state index contributed by atoms with van der Waals surface area (Å²) in [6.45, 7) is 6.50. The molecule has 37 heavy (non-hydrogen) atoms. The minimum atomic E-state index is -0.0526. The van der Waals surface area contributed by atoms with Crippen molar-refractivity contribution in [3.8, 4) is 5.69 Å². The molecule has 1 aliphatic heterocycles. The largest absolute Gasteiger partial charge is 0.353 e. The molecule has 0 spiro atoms. The lowest BCUT2D eigenvalue weighted by atomic mass is 10.00. The fraction of sp³-hybridized carbons (Fsp3) is 0.345. The van der Waals surface area contributed by atoms with E-state index >= 15 is 0 Å². The van der Waals surface area contributed by atoms with E-state index in [-0.39, 0.29) is 28.0 Å². The number of rotatable bonds is 8. The molecule has 2 aromatic heterocycles. The maximum atomic E-state index is 13.9. The van der Waals surface area contributed by atoms with Gasteiger partial charge in [-0.15, -0.1) is 23.1 Å². The summed E-state index contributed by atoms with van der Waals surface area (Å²) < 4.78 is 1.77. The second-order valence-electron chi connectivity index (χ2n) is 10.1. The van der Waals surface area contributed by atoms with E-state index in [1.807, 2.05) is 67.2 Å². The SMILES string of the molecule is C[C@H](CCc1ccccc1)NC(=O)CSc1nc2sc3c(c2c(=O)n1-c1ccccc1)CC(C)(C)SC3. The molecule has 0 radical (unpaired) electrons. The van der Waals surface area contributed by atoms with Crippen molar-refractivity contribution in [1.82, 2.24) is 14.9 Å². The first-order valence-electron chi connectivity index (χ1n) is 12.5. The van der Waals surface area contributed by atoms with Crippen LogP contribution in [0, 0.1) is 0 Å². The highest BCUT2D eigenvalue weighted by atomic mass is 32.2. The van der Waals surface area contributed by atoms with Crippen LogP contribution in [0.3, 0.4) is 0 Å². The van der Waals surface area contributed by atoms with Gasteiger partial charge in [-0.3, -0.25) is 14.2 Å². The number of aryl methyl sites for hydroxylation is 1. The third-order valence-corrected chi connectivity index (χ3v) is 10.1. The first-order chi connectivity index (χ1) is 17.8. The number of carbonyl (C=O) groups is 1. The average Bonchev–Trinajstić information content (AvgIpc) is 3.24. The minimum absolute atomic E-state index is 0.0458. The predicted octanol–water partition coefficient (Wildman–Crippen LogP) is 6.24. The van der Waals surface area contributed by atoms with Crippen LogP contribution in [0.25, 0.3) is 15.9 Å². The lowest BCUT2D eigenvalue weighted by molar-refractivity contribution is -0.119. The van der Waals surface area contributed by atoms with Gasteiger partial charge in [0.1, 0.15) is 4.83 Å². The predicted molar refractivity (Wildman–Crippen MR) is 157 cm³/mol. The summed E-state index contributed by atoms with van der Waals surface area (Å²) in [6.07, 6.45) is 2.64. The highest BCUT2D eigenvalue weighted by Gasteiger charge is 2.31. The molecule has 4 aromatic rings. The Morgan fingerprint density at radius 1 is 1.14 bits per heavy atom. The fourth-order valence-electron chi connectivity index (χ4n) is 4.62. The summed E-state index contributed by atoms with van der Waals surface area (Å²) in [6, 6.07) is 20.0. The summed E-state index contributed by atoms with van der Waals surface area (Å²) in [4.78, 5) is 33.7. The first kappa shape index (κ1) is 26.1. The van der Waals surface area contributed by atoms with Crippen molar-refractivity contribution in [2.45, 2.75) is 61.7 Å². The van der Waals surface area contributed by atoms with Crippen molar-refractivity contribution < 1.29 is 4.79 Å². The number of nitrogens with one attached hydrogen (secondary N) is 1. The zero-order valence-corrected chi connectivity index (χ0v) is 23.8. The second kappa shape index (κ2) is 11.1. The van der Waals surface area contributed by atoms with Crippen LogP contribution in [-0.4, -0.2) is 32.0 Å². The molecular weight excluding hydrogens is 519 g/mol. The van der Waals surface area contributed by atoms with Gasteiger partial charge in [0, 0.05) is 21.4 Å². The molecule has 0 saturated carbocycles. The van der Waals surface area contributed by atoms with Gasteiger partial charge >= 0.3 is 0 Å². The van der Waals surface area contributed by atoms with E-state index in [2.05, 4.69) is 31.3 Å². The van der Waals surface area contributed by atoms with Crippen LogP contribution in [0.4, 0.5) is 0 Å². The van der Waals surface area contributed by atoms with Gasteiger partial charge in [0.05, 0.1) is 16.8 Å². The molecule has 1 atom stereocenters. The lowest BCUT2D eigenvalue weighted by Crippen LogP contribution is -2.34. The first-order valence-corrected chi connectivity index (χ1v) is 15.3. The van der Waals surface area contributed by atoms with Crippen LogP contribution in [0.1, 0.15) is 43.2 Å². The minimum Gasteiger partial charge on any atom is -0.353 e. The third-order valence-electron chi connectivity index (χ3n) is 6.54. The fourth-order valence-corrected chi connectivity index (χ4v) is 7.83. The van der Waals surface area contributed by atoms with E-state index in [1.54, 1.807) is 15.9 Å². The monoisotopic (exact) mass is 549 g/mol. The van der Waals surface area contributed by atoms with Crippen LogP contribution in [0.5, 0.6) is 0 Å². The van der Waals surface area contributed by atoms with Crippen molar-refractivity contribution in [1.29, 1.82) is 0 Å². The second-order valence-corrected chi connectivity index (χ2v) is 13.8. The number of nitrogens with zero attached hydrogens (tertiary/aromatic N) is 2. The summed E-state index contributed by atoms with van der Waals surface area (Å²) in [5.41, 5.74) is 3.14. The number of hydrogen-bond acceptors (Lipinski definition) is 6. The number of carbonyl (C=O) groups excluding carboxylic acids is 1. The van der Waals surface area contributed by atoms with E-state index in [4.69, 9.17) is 4.98 Å². The molecule has 3 heterocycles. The molecule has 1 aliphatic rings. The van der Waals surface area contributed by atoms with Crippen LogP contribution in [0.2, 0.25) is 0 Å². The summed E-state index contributed by atoms with van der Waals surface area (Å²) in [5.74, 6) is 1.05. The standard InChI is InChI=1S/C29H31N3O2S3/c1-19(14-15-20-10-6-4-7-11-20)30-24(33)18-35-28-31-26-25(22-16-29(2,3)36-17-23(22)37-26)27(34)32(28)21-12-8-5-9-13-21/h4-13,19H,14-18H2,1-3H3,(H,30,33)/t19-/m1/s1. The number of benzene rings is 2. The van der Waals surface area contributed by atoms with Crippen molar-refractivity contribution in [3.63, 3.8) is 0 Å². The Kier molecular flexibility index (Phi) is 7.79. The molecular formula is C29H31N3O2S3. The highest BCUT2D eigenvalue weighted by Crippen LogP contribution is 2.44. The molecule has 5 rings (SSSR count). The van der Waals surface area contributed by atoms with Gasteiger partial charge in [0.2, 0.25) is 5.91 Å². The van der Waals surface area contributed by atoms with E-state index in [0.29, 0.717) is 5.16 Å². The number of amides is 1. The van der Waals surface area contributed by atoms with E-state index in [1.165, 1.54) is 22.2 Å². The number of fused-ring (bicyclic) bond motifs is 3. The van der Waals surface area contributed by atoms with Gasteiger partial charge in [-0.25, -0.2) is 4.98 Å². The Balaban J connectivity index is 1.38. The Hall–Kier alpha value is -2.55. The van der Waals surface area contributed by atoms with Crippen molar-refractivity contribution in [2.24, 2.45) is 0 Å². The van der Waals surface area contributed by atoms with Gasteiger partial charge in [0.15, 0.2) is 5.16 Å². The summed E-state index contributed by atoms with van der Waals surface area (Å²) in [5, 5.41) is 4.40. The number of thiophene rings is 1. The maximum absolute atomic E-state index is 13.9. The molecule has 1 amide bonds. The smallest absolute Gasteiger partial charge is 0.267 e. The van der Waals surface area contributed by atoms with Gasteiger partial charge in [-0.1, -0.05) is 74.1 Å². The molecule has 0 fully saturated rings. The molecule has 0 unspecified atom stereocenters. The topological polar surface area (TPSA) is 64.0 Å². The molecule has 5 nitrogen and oxygen atoms in total. The Morgan fingerprint density at radius 3 is 2.57 bits per heavy atom. The number of para-hydroxylation sites is 1. The number of thioether (sulfide) groups is 2. The van der Waals surface area contributed by atoms with Crippen LogP contribution >= 0.6 is 34.9 Å². The van der Waals surface area contributed by atoms with Gasteiger partial charge in [-0.05, 0) is 49.4 Å². The molecule has 192 valence electrons. The van der Waals surface area contributed by atoms with E-state index in [9.17, 15) is 9.59 Å². The van der Waals surface area contributed by atoms with Crippen molar-refractivity contribution in [2.75, 3.05) is 5.75 Å². The normalized spacial score (nSPS) is 15.3. The van der Waals surface area contributed by atoms with E-state index < -0.39 is 0 Å². The average molecular weight is 550 g/mol. The Morgan fingerprint density at radius 2 is 1.84 bits per heavy atom. The zero-order valence-electron chi connectivity index (χ0n) is 21.3.